The van der Waals surface area contributed by atoms with Crippen LogP contribution in [0, 0.1) is 5.92 Å². The molecule has 1 amide bonds. The van der Waals surface area contributed by atoms with Crippen molar-refractivity contribution in [3.8, 4) is 0 Å². The van der Waals surface area contributed by atoms with Crippen LogP contribution in [0.3, 0.4) is 0 Å². The fourth-order valence-electron chi connectivity index (χ4n) is 3.31. The molecule has 0 spiro atoms. The Morgan fingerprint density at radius 1 is 1.38 bits per heavy atom. The normalized spacial score (nSPS) is 24.1. The zero-order valence-electron chi connectivity index (χ0n) is 12.0. The highest BCUT2D eigenvalue weighted by atomic mass is 16.1. The van der Waals surface area contributed by atoms with Crippen LogP contribution >= 0.6 is 0 Å². The SMILES string of the molecule is CNCc1ccc(N2C=C(C(N)=O)C3C(=O)CCC32)cc1. The summed E-state index contributed by atoms with van der Waals surface area (Å²) in [6, 6.07) is 8.18. The van der Waals surface area contributed by atoms with E-state index in [0.29, 0.717) is 12.0 Å². The minimum atomic E-state index is -0.491. The van der Waals surface area contributed by atoms with Gasteiger partial charge in [-0.25, -0.2) is 0 Å². The molecule has 1 aromatic rings. The maximum atomic E-state index is 12.0. The number of Topliss-reactive ketones (excluding diaryl/α,β-unsaturated/α-hetero) is 1. The number of nitrogens with one attached hydrogen (secondary N) is 1. The van der Waals surface area contributed by atoms with E-state index in [1.165, 1.54) is 5.56 Å². The van der Waals surface area contributed by atoms with E-state index in [1.54, 1.807) is 6.20 Å². The minimum Gasteiger partial charge on any atom is -0.366 e. The van der Waals surface area contributed by atoms with E-state index in [4.69, 9.17) is 5.73 Å². The van der Waals surface area contributed by atoms with Crippen molar-refractivity contribution in [3.63, 3.8) is 0 Å². The molecule has 2 aliphatic rings. The Balaban J connectivity index is 1.91. The molecular formula is C16H19N3O2. The molecule has 3 N–H and O–H groups in total. The van der Waals surface area contributed by atoms with Crippen molar-refractivity contribution in [3.05, 3.63) is 41.6 Å². The maximum Gasteiger partial charge on any atom is 0.246 e. The van der Waals surface area contributed by atoms with E-state index in [2.05, 4.69) is 5.32 Å². The summed E-state index contributed by atoms with van der Waals surface area (Å²) >= 11 is 0. The molecule has 1 heterocycles. The molecule has 3 rings (SSSR count). The van der Waals surface area contributed by atoms with Crippen molar-refractivity contribution in [2.75, 3.05) is 11.9 Å². The van der Waals surface area contributed by atoms with Crippen LogP contribution in [0.15, 0.2) is 36.0 Å². The van der Waals surface area contributed by atoms with Crippen LogP contribution in [-0.2, 0) is 16.1 Å². The van der Waals surface area contributed by atoms with Crippen molar-refractivity contribution in [1.82, 2.24) is 5.32 Å². The van der Waals surface area contributed by atoms with Crippen LogP contribution < -0.4 is 16.0 Å². The van der Waals surface area contributed by atoms with E-state index >= 15 is 0 Å². The Morgan fingerprint density at radius 3 is 2.71 bits per heavy atom. The quantitative estimate of drug-likeness (QED) is 0.863. The van der Waals surface area contributed by atoms with Gasteiger partial charge in [0.1, 0.15) is 5.78 Å². The number of nitrogens with zero attached hydrogens (tertiary/aromatic N) is 1. The number of ketones is 1. The molecule has 2 atom stereocenters. The fraction of sp³-hybridized carbons (Fsp3) is 0.375. The lowest BCUT2D eigenvalue weighted by Crippen LogP contribution is -2.31. The van der Waals surface area contributed by atoms with Crippen LogP contribution in [0.1, 0.15) is 18.4 Å². The number of nitrogens with two attached hydrogens (primary N) is 1. The average Bonchev–Trinajstić information content (AvgIpc) is 3.02. The van der Waals surface area contributed by atoms with Gasteiger partial charge in [-0.05, 0) is 31.2 Å². The summed E-state index contributed by atoms with van der Waals surface area (Å²) in [5.41, 5.74) is 8.06. The summed E-state index contributed by atoms with van der Waals surface area (Å²) in [6.45, 7) is 0.813. The smallest absolute Gasteiger partial charge is 0.246 e. The van der Waals surface area contributed by atoms with Gasteiger partial charge in [0.2, 0.25) is 5.91 Å². The fourth-order valence-corrected chi connectivity index (χ4v) is 3.31. The number of fused-ring (bicyclic) bond motifs is 1. The van der Waals surface area contributed by atoms with E-state index in [0.717, 1.165) is 18.7 Å². The van der Waals surface area contributed by atoms with Gasteiger partial charge in [0.25, 0.3) is 0 Å². The summed E-state index contributed by atoms with van der Waals surface area (Å²) in [4.78, 5) is 25.6. The third-order valence-corrected chi connectivity index (χ3v) is 4.29. The second kappa shape index (κ2) is 5.33. The molecule has 0 saturated heterocycles. The number of benzene rings is 1. The molecule has 0 radical (unpaired) electrons. The van der Waals surface area contributed by atoms with Crippen molar-refractivity contribution < 1.29 is 9.59 Å². The first-order valence-electron chi connectivity index (χ1n) is 7.18. The van der Waals surface area contributed by atoms with E-state index in [1.807, 2.05) is 36.2 Å². The zero-order chi connectivity index (χ0) is 15.0. The average molecular weight is 285 g/mol. The first-order chi connectivity index (χ1) is 10.1. The predicted molar refractivity (Wildman–Crippen MR) is 80.5 cm³/mol. The lowest BCUT2D eigenvalue weighted by Gasteiger charge is -2.24. The molecular weight excluding hydrogens is 266 g/mol. The highest BCUT2D eigenvalue weighted by Gasteiger charge is 2.46. The molecule has 5 heteroatoms. The Morgan fingerprint density at radius 2 is 2.10 bits per heavy atom. The van der Waals surface area contributed by atoms with Crippen LogP contribution in [0.5, 0.6) is 0 Å². The summed E-state index contributed by atoms with van der Waals surface area (Å²) in [6.07, 6.45) is 3.05. The first kappa shape index (κ1) is 13.8. The van der Waals surface area contributed by atoms with Gasteiger partial charge in [-0.2, -0.15) is 0 Å². The van der Waals surface area contributed by atoms with Gasteiger partial charge >= 0.3 is 0 Å². The molecule has 21 heavy (non-hydrogen) atoms. The predicted octanol–water partition coefficient (Wildman–Crippen LogP) is 0.943. The summed E-state index contributed by atoms with van der Waals surface area (Å²) in [5, 5.41) is 3.11. The number of carbonyl (C=O) groups excluding carboxylic acids is 2. The summed E-state index contributed by atoms with van der Waals surface area (Å²) in [7, 11) is 1.91. The van der Waals surface area contributed by atoms with Gasteiger partial charge < -0.3 is 16.0 Å². The van der Waals surface area contributed by atoms with Crippen molar-refractivity contribution in [2.45, 2.75) is 25.4 Å². The Bertz CT molecular complexity index is 606. The molecule has 110 valence electrons. The van der Waals surface area contributed by atoms with Crippen molar-refractivity contribution in [2.24, 2.45) is 11.7 Å². The standard InChI is InChI=1S/C16H19N3O2/c1-18-8-10-2-4-11(5-3-10)19-9-12(16(17)21)15-13(19)6-7-14(15)20/h2-5,9,13,15,18H,6-8H2,1H3,(H2,17,21). The van der Waals surface area contributed by atoms with Gasteiger partial charge in [0.15, 0.2) is 0 Å². The van der Waals surface area contributed by atoms with Crippen LogP contribution in [0.4, 0.5) is 5.69 Å². The molecule has 1 aromatic carbocycles. The van der Waals surface area contributed by atoms with Crippen molar-refractivity contribution >= 4 is 17.4 Å². The van der Waals surface area contributed by atoms with Gasteiger partial charge in [0, 0.05) is 36.5 Å². The summed E-state index contributed by atoms with van der Waals surface area (Å²) < 4.78 is 0. The van der Waals surface area contributed by atoms with Gasteiger partial charge in [0.05, 0.1) is 5.92 Å². The molecule has 2 unspecified atom stereocenters. The molecule has 0 aromatic heterocycles. The zero-order valence-corrected chi connectivity index (χ0v) is 12.0. The lowest BCUT2D eigenvalue weighted by molar-refractivity contribution is -0.122. The molecule has 0 bridgehead atoms. The third-order valence-electron chi connectivity index (χ3n) is 4.29. The molecule has 1 fully saturated rings. The first-order valence-corrected chi connectivity index (χ1v) is 7.18. The van der Waals surface area contributed by atoms with Crippen LogP contribution in [0.2, 0.25) is 0 Å². The Hall–Kier alpha value is -2.14. The Labute approximate surface area is 123 Å². The summed E-state index contributed by atoms with van der Waals surface area (Å²) in [5.74, 6) is -0.714. The monoisotopic (exact) mass is 285 g/mol. The number of amides is 1. The van der Waals surface area contributed by atoms with Crippen LogP contribution in [-0.4, -0.2) is 24.8 Å². The topological polar surface area (TPSA) is 75.4 Å². The number of hydrogen-bond acceptors (Lipinski definition) is 4. The lowest BCUT2D eigenvalue weighted by atomic mass is 9.96. The number of primary amides is 1. The van der Waals surface area contributed by atoms with E-state index in [-0.39, 0.29) is 17.7 Å². The van der Waals surface area contributed by atoms with E-state index < -0.39 is 5.91 Å². The molecule has 1 aliphatic carbocycles. The number of anilines is 1. The highest BCUT2D eigenvalue weighted by molar-refractivity contribution is 6.03. The van der Waals surface area contributed by atoms with Crippen LogP contribution in [0.25, 0.3) is 0 Å². The third kappa shape index (κ3) is 2.34. The molecule has 5 nitrogen and oxygen atoms in total. The maximum absolute atomic E-state index is 12.0. The second-order valence-electron chi connectivity index (χ2n) is 5.60. The second-order valence-corrected chi connectivity index (χ2v) is 5.60. The molecule has 1 saturated carbocycles. The minimum absolute atomic E-state index is 0.0372. The largest absolute Gasteiger partial charge is 0.366 e. The number of rotatable bonds is 4. The van der Waals surface area contributed by atoms with Gasteiger partial charge in [-0.15, -0.1) is 0 Å². The number of hydrogen-bond donors (Lipinski definition) is 2. The highest BCUT2D eigenvalue weighted by Crippen LogP contribution is 2.40. The molecule has 1 aliphatic heterocycles. The Kier molecular flexibility index (Phi) is 3.51. The van der Waals surface area contributed by atoms with E-state index in [9.17, 15) is 9.59 Å². The van der Waals surface area contributed by atoms with Crippen molar-refractivity contribution in [1.29, 1.82) is 0 Å². The van der Waals surface area contributed by atoms with Gasteiger partial charge in [-0.1, -0.05) is 12.1 Å². The van der Waals surface area contributed by atoms with Gasteiger partial charge in [-0.3, -0.25) is 9.59 Å². The number of carbonyl (C=O) groups is 2.